The van der Waals surface area contributed by atoms with Crippen molar-refractivity contribution in [3.8, 4) is 0 Å². The number of benzene rings is 1. The van der Waals surface area contributed by atoms with Crippen molar-refractivity contribution in [3.63, 3.8) is 0 Å². The highest BCUT2D eigenvalue weighted by atomic mass is 16.6. The lowest BCUT2D eigenvalue weighted by Crippen LogP contribution is -2.30. The van der Waals surface area contributed by atoms with Crippen molar-refractivity contribution in [2.75, 3.05) is 13.1 Å². The molecular weight excluding hydrogens is 328 g/mol. The monoisotopic (exact) mass is 344 g/mol. The van der Waals surface area contributed by atoms with E-state index in [1.165, 1.54) is 23.1 Å². The number of aromatic nitrogens is 2. The molecule has 4 rings (SSSR count). The number of carbonyl (C=O) groups is 2. The van der Waals surface area contributed by atoms with Crippen LogP contribution in [-0.4, -0.2) is 50.1 Å². The summed E-state index contributed by atoms with van der Waals surface area (Å²) in [6.07, 6.45) is 2.02. The topological polar surface area (TPSA) is 129 Å². The molecule has 1 aliphatic carbocycles. The summed E-state index contributed by atoms with van der Waals surface area (Å²) in [4.78, 5) is 36.3. The molecule has 2 fully saturated rings. The highest BCUT2D eigenvalue weighted by Gasteiger charge is 2.47. The number of nitro groups is 1. The van der Waals surface area contributed by atoms with Crippen molar-refractivity contribution in [2.24, 2.45) is 17.8 Å². The van der Waals surface area contributed by atoms with Crippen LogP contribution >= 0.6 is 0 Å². The molecule has 1 aliphatic heterocycles. The van der Waals surface area contributed by atoms with Gasteiger partial charge in [0, 0.05) is 30.6 Å². The normalized spacial score (nSPS) is 23.1. The number of carboxylic acid groups (broad SMARTS) is 1. The van der Waals surface area contributed by atoms with Gasteiger partial charge in [0.25, 0.3) is 11.6 Å². The lowest BCUT2D eigenvalue weighted by atomic mass is 9.92. The summed E-state index contributed by atoms with van der Waals surface area (Å²) in [6.45, 7) is 0.544. The number of nitro benzene ring substituents is 1. The van der Waals surface area contributed by atoms with Crippen LogP contribution in [0.2, 0.25) is 0 Å². The number of hydrogen-bond acceptors (Lipinski definition) is 5. The standard InChI is InChI=1S/C16H16N4O5/c21-15(19-6-11(8-1-2-8)12(7-19)16(22)23)14-10-5-9(20(24)25)3-4-13(10)17-18-14/h3-5,8,11-12H,1-2,6-7H2,(H,17,18)(H,22,23)/t11-,12+/m1/s1. The molecule has 0 spiro atoms. The van der Waals surface area contributed by atoms with E-state index in [1.807, 2.05) is 0 Å². The third-order valence-electron chi connectivity index (χ3n) is 5.16. The number of nitrogens with one attached hydrogen (secondary N) is 1. The number of H-pyrrole nitrogens is 1. The average molecular weight is 344 g/mol. The minimum atomic E-state index is -0.880. The van der Waals surface area contributed by atoms with E-state index in [4.69, 9.17) is 0 Å². The van der Waals surface area contributed by atoms with E-state index in [9.17, 15) is 24.8 Å². The summed E-state index contributed by atoms with van der Waals surface area (Å²) in [5, 5.41) is 27.5. The van der Waals surface area contributed by atoms with Crippen LogP contribution in [0, 0.1) is 27.9 Å². The zero-order chi connectivity index (χ0) is 17.7. The first-order valence-corrected chi connectivity index (χ1v) is 8.10. The minimum absolute atomic E-state index is 0.0269. The van der Waals surface area contributed by atoms with E-state index in [0.717, 1.165) is 12.8 Å². The smallest absolute Gasteiger partial charge is 0.308 e. The molecule has 0 bridgehead atoms. The lowest BCUT2D eigenvalue weighted by molar-refractivity contribution is -0.384. The number of fused-ring (bicyclic) bond motifs is 1. The van der Waals surface area contributed by atoms with Crippen LogP contribution in [0.5, 0.6) is 0 Å². The second kappa shape index (κ2) is 5.54. The van der Waals surface area contributed by atoms with E-state index in [0.29, 0.717) is 23.4 Å². The lowest BCUT2D eigenvalue weighted by Gasteiger charge is -2.14. The number of aliphatic carboxylic acids is 1. The maximum Gasteiger partial charge on any atom is 0.308 e. The number of hydrogen-bond donors (Lipinski definition) is 2. The number of amides is 1. The van der Waals surface area contributed by atoms with Gasteiger partial charge >= 0.3 is 5.97 Å². The molecule has 130 valence electrons. The van der Waals surface area contributed by atoms with Gasteiger partial charge in [-0.15, -0.1) is 0 Å². The maximum absolute atomic E-state index is 12.8. The molecule has 2 atom stereocenters. The van der Waals surface area contributed by atoms with Gasteiger partial charge in [0.2, 0.25) is 0 Å². The first-order valence-electron chi connectivity index (χ1n) is 8.10. The molecule has 25 heavy (non-hydrogen) atoms. The molecule has 2 aromatic rings. The van der Waals surface area contributed by atoms with Crippen molar-refractivity contribution in [2.45, 2.75) is 12.8 Å². The fourth-order valence-electron chi connectivity index (χ4n) is 3.69. The minimum Gasteiger partial charge on any atom is -0.481 e. The Balaban J connectivity index is 1.65. The number of carboxylic acids is 1. The number of carbonyl (C=O) groups excluding carboxylic acids is 1. The van der Waals surface area contributed by atoms with Gasteiger partial charge in [-0.3, -0.25) is 24.8 Å². The predicted molar refractivity (Wildman–Crippen MR) is 86.0 cm³/mol. The van der Waals surface area contributed by atoms with Gasteiger partial charge in [-0.05, 0) is 30.7 Å². The molecule has 9 nitrogen and oxygen atoms in total. The van der Waals surface area contributed by atoms with Gasteiger partial charge in [-0.2, -0.15) is 5.10 Å². The Morgan fingerprint density at radius 3 is 2.72 bits per heavy atom. The summed E-state index contributed by atoms with van der Waals surface area (Å²) in [6, 6.07) is 4.16. The second-order valence-electron chi connectivity index (χ2n) is 6.72. The van der Waals surface area contributed by atoms with Crippen LogP contribution in [0.1, 0.15) is 23.3 Å². The molecule has 0 radical (unpaired) electrons. The second-order valence-corrected chi connectivity index (χ2v) is 6.72. The number of likely N-dealkylation sites (tertiary alicyclic amines) is 1. The molecule has 9 heteroatoms. The van der Waals surface area contributed by atoms with E-state index in [2.05, 4.69) is 10.2 Å². The van der Waals surface area contributed by atoms with Gasteiger partial charge in [-0.25, -0.2) is 0 Å². The Kier molecular flexibility index (Phi) is 3.45. The van der Waals surface area contributed by atoms with Crippen molar-refractivity contribution < 1.29 is 19.6 Å². The van der Waals surface area contributed by atoms with Crippen molar-refractivity contribution in [1.82, 2.24) is 15.1 Å². The number of non-ortho nitro benzene ring substituents is 1. The molecule has 1 aromatic carbocycles. The number of rotatable bonds is 4. The highest BCUT2D eigenvalue weighted by Crippen LogP contribution is 2.44. The summed E-state index contributed by atoms with van der Waals surface area (Å²) >= 11 is 0. The van der Waals surface area contributed by atoms with Crippen LogP contribution < -0.4 is 0 Å². The zero-order valence-corrected chi connectivity index (χ0v) is 13.2. The summed E-state index contributed by atoms with van der Waals surface area (Å²) in [5.41, 5.74) is 0.504. The van der Waals surface area contributed by atoms with Gasteiger partial charge in [0.1, 0.15) is 0 Å². The molecule has 1 saturated heterocycles. The first kappa shape index (κ1) is 15.6. The molecule has 2 aliphatic rings. The Morgan fingerprint density at radius 2 is 2.08 bits per heavy atom. The maximum atomic E-state index is 12.8. The molecule has 2 N–H and O–H groups in total. The van der Waals surface area contributed by atoms with E-state index in [1.54, 1.807) is 0 Å². The fourth-order valence-corrected chi connectivity index (χ4v) is 3.69. The molecule has 1 amide bonds. The quantitative estimate of drug-likeness (QED) is 0.641. The van der Waals surface area contributed by atoms with Gasteiger partial charge < -0.3 is 10.0 Å². The number of aromatic amines is 1. The molecular formula is C16H16N4O5. The average Bonchev–Trinajstić information content (AvgIpc) is 3.19. The van der Waals surface area contributed by atoms with E-state index < -0.39 is 16.8 Å². The Morgan fingerprint density at radius 1 is 1.32 bits per heavy atom. The van der Waals surface area contributed by atoms with Crippen LogP contribution in [0.3, 0.4) is 0 Å². The first-order chi connectivity index (χ1) is 12.0. The van der Waals surface area contributed by atoms with Gasteiger partial charge in [-0.1, -0.05) is 0 Å². The molecule has 0 unspecified atom stereocenters. The molecule has 1 aromatic heterocycles. The Hall–Kier alpha value is -2.97. The highest BCUT2D eigenvalue weighted by molar-refractivity contribution is 6.05. The van der Waals surface area contributed by atoms with E-state index >= 15 is 0 Å². The van der Waals surface area contributed by atoms with Gasteiger partial charge in [0.15, 0.2) is 5.69 Å². The third-order valence-corrected chi connectivity index (χ3v) is 5.16. The largest absolute Gasteiger partial charge is 0.481 e. The summed E-state index contributed by atoms with van der Waals surface area (Å²) in [5.74, 6) is -1.48. The van der Waals surface area contributed by atoms with Crippen LogP contribution in [0.25, 0.3) is 10.9 Å². The van der Waals surface area contributed by atoms with Crippen LogP contribution in [0.4, 0.5) is 5.69 Å². The van der Waals surface area contributed by atoms with E-state index in [-0.39, 0.29) is 29.8 Å². The van der Waals surface area contributed by atoms with Gasteiger partial charge in [0.05, 0.1) is 16.4 Å². The van der Waals surface area contributed by atoms with Crippen molar-refractivity contribution in [3.05, 3.63) is 34.0 Å². The Labute approximate surface area is 141 Å². The van der Waals surface area contributed by atoms with Crippen molar-refractivity contribution in [1.29, 1.82) is 0 Å². The molecule has 1 saturated carbocycles. The third kappa shape index (κ3) is 2.61. The predicted octanol–water partition coefficient (Wildman–Crippen LogP) is 1.65. The number of nitrogens with zero attached hydrogens (tertiary/aromatic N) is 3. The van der Waals surface area contributed by atoms with Crippen molar-refractivity contribution >= 4 is 28.5 Å². The SMILES string of the molecule is O=C(O)[C@H]1CN(C(=O)c2n[nH]c3ccc([N+](=O)[O-])cc23)C[C@@H]1C1CC1. The molecule has 2 heterocycles. The Bertz CT molecular complexity index is 888. The summed E-state index contributed by atoms with van der Waals surface area (Å²) in [7, 11) is 0. The summed E-state index contributed by atoms with van der Waals surface area (Å²) < 4.78 is 0. The zero-order valence-electron chi connectivity index (χ0n) is 13.2. The van der Waals surface area contributed by atoms with Crippen LogP contribution in [-0.2, 0) is 4.79 Å². The fraction of sp³-hybridized carbons (Fsp3) is 0.438. The van der Waals surface area contributed by atoms with Crippen LogP contribution in [0.15, 0.2) is 18.2 Å².